The van der Waals surface area contributed by atoms with E-state index in [1.54, 1.807) is 38.0 Å². The van der Waals surface area contributed by atoms with Gasteiger partial charge in [0.25, 0.3) is 5.91 Å². The number of furan rings is 1. The van der Waals surface area contributed by atoms with Gasteiger partial charge in [0, 0.05) is 37.1 Å². The number of methoxy groups -OCH3 is 1. The van der Waals surface area contributed by atoms with Crippen LogP contribution in [0.1, 0.15) is 27.6 Å². The Morgan fingerprint density at radius 3 is 2.43 bits per heavy atom. The van der Waals surface area contributed by atoms with Crippen LogP contribution in [-0.4, -0.2) is 62.0 Å². The first kappa shape index (κ1) is 20.4. The summed E-state index contributed by atoms with van der Waals surface area (Å²) in [6.07, 6.45) is 0. The number of aryl methyl sites for hydroxylation is 3. The number of aromatic nitrogens is 1. The number of hydrogen-bond donors (Lipinski definition) is 0. The molecule has 0 bridgehead atoms. The molecule has 2 aromatic heterocycles. The highest BCUT2D eigenvalue weighted by Crippen LogP contribution is 2.30. The van der Waals surface area contributed by atoms with Crippen molar-refractivity contribution in [3.8, 4) is 5.75 Å². The number of hydrogen-bond acceptors (Lipinski definition) is 7. The molecular formula is C20H23N3O6S. The maximum atomic E-state index is 13.0. The molecule has 0 N–H and O–H groups in total. The molecular weight excluding hydrogens is 410 g/mol. The number of piperazine rings is 1. The van der Waals surface area contributed by atoms with Crippen molar-refractivity contribution in [2.75, 3.05) is 33.3 Å². The zero-order chi connectivity index (χ0) is 21.6. The summed E-state index contributed by atoms with van der Waals surface area (Å²) in [7, 11) is -2.15. The lowest BCUT2D eigenvalue weighted by molar-refractivity contribution is 0.0667. The molecule has 0 aliphatic carbocycles. The fraction of sp³-hybridized carbons (Fsp3) is 0.400. The Morgan fingerprint density at radius 1 is 1.13 bits per heavy atom. The van der Waals surface area contributed by atoms with Crippen LogP contribution < -0.4 is 4.74 Å². The van der Waals surface area contributed by atoms with Crippen molar-refractivity contribution >= 4 is 26.9 Å². The lowest BCUT2D eigenvalue weighted by atomic mass is 10.1. The molecule has 0 radical (unpaired) electrons. The van der Waals surface area contributed by atoms with Gasteiger partial charge in [0.2, 0.25) is 10.0 Å². The van der Waals surface area contributed by atoms with E-state index in [4.69, 9.17) is 13.7 Å². The van der Waals surface area contributed by atoms with Crippen molar-refractivity contribution in [3.63, 3.8) is 0 Å². The van der Waals surface area contributed by atoms with Gasteiger partial charge in [-0.3, -0.25) is 4.79 Å². The summed E-state index contributed by atoms with van der Waals surface area (Å²) in [6, 6.07) is 5.38. The Labute approximate surface area is 174 Å². The van der Waals surface area contributed by atoms with Gasteiger partial charge < -0.3 is 18.6 Å². The molecule has 30 heavy (non-hydrogen) atoms. The zero-order valence-electron chi connectivity index (χ0n) is 17.3. The van der Waals surface area contributed by atoms with Crippen LogP contribution in [0.4, 0.5) is 0 Å². The Bertz CT molecular complexity index is 1200. The first-order valence-corrected chi connectivity index (χ1v) is 11.0. The van der Waals surface area contributed by atoms with Gasteiger partial charge in [-0.15, -0.1) is 0 Å². The average Bonchev–Trinajstić information content (AvgIpc) is 3.26. The van der Waals surface area contributed by atoms with Gasteiger partial charge in [0.05, 0.1) is 7.11 Å². The minimum Gasteiger partial charge on any atom is -0.497 e. The quantitative estimate of drug-likeness (QED) is 0.622. The molecule has 1 amide bonds. The smallest absolute Gasteiger partial charge is 0.289 e. The highest BCUT2D eigenvalue weighted by molar-refractivity contribution is 7.89. The van der Waals surface area contributed by atoms with Gasteiger partial charge in [-0.2, -0.15) is 4.31 Å². The minimum atomic E-state index is -3.73. The molecule has 160 valence electrons. The number of rotatable bonds is 4. The fourth-order valence-corrected chi connectivity index (χ4v) is 5.49. The summed E-state index contributed by atoms with van der Waals surface area (Å²) in [5.74, 6) is 0.959. The van der Waals surface area contributed by atoms with E-state index in [9.17, 15) is 13.2 Å². The number of sulfonamides is 1. The molecule has 1 fully saturated rings. The van der Waals surface area contributed by atoms with Gasteiger partial charge in [-0.1, -0.05) is 5.16 Å². The molecule has 1 aliphatic heterocycles. The van der Waals surface area contributed by atoms with Crippen LogP contribution in [0.15, 0.2) is 32.0 Å². The first-order chi connectivity index (χ1) is 14.2. The fourth-order valence-electron chi connectivity index (χ4n) is 3.78. The summed E-state index contributed by atoms with van der Waals surface area (Å²) in [5, 5.41) is 4.55. The van der Waals surface area contributed by atoms with Crippen molar-refractivity contribution in [2.24, 2.45) is 0 Å². The van der Waals surface area contributed by atoms with E-state index in [1.807, 2.05) is 13.0 Å². The Hall–Kier alpha value is -2.85. The molecule has 10 heteroatoms. The van der Waals surface area contributed by atoms with E-state index in [1.165, 1.54) is 4.31 Å². The molecule has 3 aromatic rings. The topological polar surface area (TPSA) is 106 Å². The van der Waals surface area contributed by atoms with Gasteiger partial charge in [0.1, 0.15) is 21.9 Å². The number of carbonyl (C=O) groups is 1. The molecule has 0 spiro atoms. The SMILES string of the molecule is COc1ccc2oc(C(=O)N3CCN(S(=O)(=O)c4c(C)noc4C)CC3)c(C)c2c1. The van der Waals surface area contributed by atoms with Crippen molar-refractivity contribution < 1.29 is 26.9 Å². The summed E-state index contributed by atoms with van der Waals surface area (Å²) in [4.78, 5) is 14.8. The maximum Gasteiger partial charge on any atom is 0.289 e. The molecule has 3 heterocycles. The predicted molar refractivity (Wildman–Crippen MR) is 108 cm³/mol. The van der Waals surface area contributed by atoms with Crippen LogP contribution >= 0.6 is 0 Å². The van der Waals surface area contributed by atoms with Crippen molar-refractivity contribution in [1.29, 1.82) is 0 Å². The normalized spacial score (nSPS) is 15.7. The maximum absolute atomic E-state index is 13.0. The standard InChI is InChI=1S/C20H23N3O6S/c1-12-16-11-15(27-4)5-6-17(16)28-18(12)20(24)22-7-9-23(10-8-22)30(25,26)19-13(2)21-29-14(19)3/h5-6,11H,7-10H2,1-4H3. The lowest BCUT2D eigenvalue weighted by Crippen LogP contribution is -2.50. The molecule has 0 unspecified atom stereocenters. The Morgan fingerprint density at radius 2 is 1.83 bits per heavy atom. The highest BCUT2D eigenvalue weighted by atomic mass is 32.2. The second-order valence-electron chi connectivity index (χ2n) is 7.27. The number of carbonyl (C=O) groups excluding carboxylic acids is 1. The number of benzene rings is 1. The first-order valence-electron chi connectivity index (χ1n) is 9.53. The third-order valence-electron chi connectivity index (χ3n) is 5.43. The van der Waals surface area contributed by atoms with Gasteiger partial charge in [-0.05, 0) is 39.0 Å². The van der Waals surface area contributed by atoms with E-state index in [0.717, 1.165) is 10.9 Å². The summed E-state index contributed by atoms with van der Waals surface area (Å²) >= 11 is 0. The van der Waals surface area contributed by atoms with Gasteiger partial charge in [0.15, 0.2) is 11.5 Å². The average molecular weight is 433 g/mol. The van der Waals surface area contributed by atoms with Gasteiger partial charge in [-0.25, -0.2) is 8.42 Å². The molecule has 1 aromatic carbocycles. The third kappa shape index (κ3) is 3.25. The van der Waals surface area contributed by atoms with Crippen molar-refractivity contribution in [1.82, 2.24) is 14.4 Å². The van der Waals surface area contributed by atoms with Crippen LogP contribution in [0.3, 0.4) is 0 Å². The van der Waals surface area contributed by atoms with Gasteiger partial charge >= 0.3 is 0 Å². The van der Waals surface area contributed by atoms with E-state index < -0.39 is 10.0 Å². The molecule has 9 nitrogen and oxygen atoms in total. The largest absolute Gasteiger partial charge is 0.497 e. The van der Waals surface area contributed by atoms with Crippen LogP contribution in [-0.2, 0) is 10.0 Å². The Kier molecular flexibility index (Phi) is 5.07. The summed E-state index contributed by atoms with van der Waals surface area (Å²) < 4.78 is 43.3. The number of fused-ring (bicyclic) bond motifs is 1. The van der Waals surface area contributed by atoms with Crippen molar-refractivity contribution in [3.05, 3.63) is 41.0 Å². The monoisotopic (exact) mass is 433 g/mol. The number of amides is 1. The second kappa shape index (κ2) is 7.44. The van der Waals surface area contributed by atoms with Crippen LogP contribution in [0.25, 0.3) is 11.0 Å². The highest BCUT2D eigenvalue weighted by Gasteiger charge is 2.35. The van der Waals surface area contributed by atoms with Crippen LogP contribution in [0, 0.1) is 20.8 Å². The van der Waals surface area contributed by atoms with E-state index >= 15 is 0 Å². The van der Waals surface area contributed by atoms with E-state index in [-0.39, 0.29) is 48.5 Å². The molecule has 1 saturated heterocycles. The predicted octanol–water partition coefficient (Wildman–Crippen LogP) is 2.50. The molecule has 1 aliphatic rings. The summed E-state index contributed by atoms with van der Waals surface area (Å²) in [6.45, 7) is 5.91. The second-order valence-corrected chi connectivity index (χ2v) is 9.14. The van der Waals surface area contributed by atoms with Crippen molar-refractivity contribution in [2.45, 2.75) is 25.7 Å². The Balaban J connectivity index is 1.53. The third-order valence-corrected chi connectivity index (χ3v) is 7.57. The molecule has 0 atom stereocenters. The summed E-state index contributed by atoms with van der Waals surface area (Å²) in [5.41, 5.74) is 1.68. The van der Waals surface area contributed by atoms with E-state index in [0.29, 0.717) is 17.0 Å². The molecule has 0 saturated carbocycles. The van der Waals surface area contributed by atoms with Crippen LogP contribution in [0.5, 0.6) is 5.75 Å². The van der Waals surface area contributed by atoms with E-state index in [2.05, 4.69) is 5.16 Å². The lowest BCUT2D eigenvalue weighted by Gasteiger charge is -2.33. The number of ether oxygens (including phenoxy) is 1. The van der Waals surface area contributed by atoms with Crippen LogP contribution in [0.2, 0.25) is 0 Å². The zero-order valence-corrected chi connectivity index (χ0v) is 18.1. The minimum absolute atomic E-state index is 0.101. The molecule has 4 rings (SSSR count). The number of nitrogens with zero attached hydrogens (tertiary/aromatic N) is 3.